The second-order valence-corrected chi connectivity index (χ2v) is 6.56. The maximum absolute atomic E-state index is 5.98. The first-order valence-electron chi connectivity index (χ1n) is 7.64. The first kappa shape index (κ1) is 17.4. The van der Waals surface area contributed by atoms with Crippen molar-refractivity contribution in [1.82, 2.24) is 10.7 Å². The molecule has 6 heteroatoms. The van der Waals surface area contributed by atoms with Crippen LogP contribution in [0.1, 0.15) is 0 Å². The monoisotopic (exact) mass is 413 g/mol. The van der Waals surface area contributed by atoms with E-state index < -0.39 is 0 Å². The third-order valence-electron chi connectivity index (χ3n) is 3.48. The van der Waals surface area contributed by atoms with Crippen LogP contribution < -0.4 is 16.3 Å². The second kappa shape index (κ2) is 8.09. The van der Waals surface area contributed by atoms with E-state index in [4.69, 9.17) is 16.6 Å². The Morgan fingerprint density at radius 2 is 1.96 bits per heavy atom. The van der Waals surface area contributed by atoms with Crippen LogP contribution in [0.4, 0.5) is 0 Å². The molecule has 3 rings (SSSR count). The first-order valence-corrected chi connectivity index (χ1v) is 8.85. The molecule has 2 aromatic carbocycles. The van der Waals surface area contributed by atoms with E-state index in [9.17, 15) is 0 Å². The lowest BCUT2D eigenvalue weighted by atomic mass is 10.1. The van der Waals surface area contributed by atoms with Crippen molar-refractivity contribution in [2.75, 3.05) is 6.54 Å². The predicted octanol–water partition coefficient (Wildman–Crippen LogP) is 4.33. The van der Waals surface area contributed by atoms with Gasteiger partial charge in [-0.05, 0) is 42.0 Å². The van der Waals surface area contributed by atoms with Crippen LogP contribution in [-0.2, 0) is 0 Å². The summed E-state index contributed by atoms with van der Waals surface area (Å²) in [5, 5.41) is 8.72. The molecule has 0 aliphatic carbocycles. The lowest BCUT2D eigenvalue weighted by Crippen LogP contribution is -2.33. The molecule has 0 saturated heterocycles. The number of benzene rings is 2. The molecule has 0 unspecified atom stereocenters. The van der Waals surface area contributed by atoms with E-state index >= 15 is 0 Å². The zero-order chi connectivity index (χ0) is 17.6. The summed E-state index contributed by atoms with van der Waals surface area (Å²) >= 11 is 8.64. The van der Waals surface area contributed by atoms with Crippen LogP contribution in [0.15, 0.2) is 81.2 Å². The summed E-state index contributed by atoms with van der Waals surface area (Å²) < 4.78 is 7.00. The van der Waals surface area contributed by atoms with Gasteiger partial charge in [0.2, 0.25) is 5.55 Å². The van der Waals surface area contributed by atoms with Gasteiger partial charge in [-0.3, -0.25) is 5.43 Å². The minimum atomic E-state index is 0.407. The Balaban J connectivity index is 2.07. The van der Waals surface area contributed by atoms with E-state index in [-0.39, 0.29) is 0 Å². The molecule has 1 aromatic heterocycles. The highest BCUT2D eigenvalue weighted by Gasteiger charge is 2.07. The molecule has 25 heavy (non-hydrogen) atoms. The number of hydrogen-bond donors (Lipinski definition) is 2. The summed E-state index contributed by atoms with van der Waals surface area (Å²) in [6, 6.07) is 17.9. The molecule has 0 fully saturated rings. The third kappa shape index (κ3) is 4.35. The Kier molecular flexibility index (Phi) is 5.63. The smallest absolute Gasteiger partial charge is 0.244 e. The van der Waals surface area contributed by atoms with E-state index in [1.54, 1.807) is 6.08 Å². The van der Waals surface area contributed by atoms with Crippen molar-refractivity contribution >= 4 is 44.2 Å². The molecule has 1 heterocycles. The molecular weight excluding hydrogens is 398 g/mol. The van der Waals surface area contributed by atoms with E-state index in [1.807, 2.05) is 48.5 Å². The number of nitrogens with zero attached hydrogens (tertiary/aromatic N) is 1. The van der Waals surface area contributed by atoms with Crippen LogP contribution in [0.2, 0.25) is 0 Å². The number of nitrogens with one attached hydrogen (secondary N) is 2. The van der Waals surface area contributed by atoms with Gasteiger partial charge in [0, 0.05) is 22.0 Å². The Morgan fingerprint density at radius 1 is 1.20 bits per heavy atom. The lowest BCUT2D eigenvalue weighted by Gasteiger charge is -2.07. The van der Waals surface area contributed by atoms with Gasteiger partial charge in [-0.25, -0.2) is 0 Å². The fourth-order valence-electron chi connectivity index (χ4n) is 2.29. The van der Waals surface area contributed by atoms with Gasteiger partial charge in [-0.2, -0.15) is 0 Å². The van der Waals surface area contributed by atoms with Crippen molar-refractivity contribution in [1.29, 1.82) is 0 Å². The Bertz CT molecular complexity index is 980. The number of halogens is 1. The van der Waals surface area contributed by atoms with Crippen molar-refractivity contribution in [2.24, 2.45) is 5.10 Å². The average molecular weight is 414 g/mol. The molecule has 0 spiro atoms. The summed E-state index contributed by atoms with van der Waals surface area (Å²) in [6.45, 7) is 4.21. The molecule has 0 saturated carbocycles. The van der Waals surface area contributed by atoms with E-state index in [0.29, 0.717) is 17.2 Å². The molecule has 0 aliphatic rings. The SMILES string of the molecule is C=CCNC(=S)N/N=c1/oc2ccccc2cc1-c1ccc(Br)cc1. The Labute approximate surface area is 159 Å². The quantitative estimate of drug-likeness (QED) is 0.379. The van der Waals surface area contributed by atoms with Crippen LogP contribution >= 0.6 is 28.1 Å². The van der Waals surface area contributed by atoms with Gasteiger partial charge in [0.1, 0.15) is 5.58 Å². The fourth-order valence-corrected chi connectivity index (χ4v) is 2.69. The Morgan fingerprint density at radius 3 is 2.72 bits per heavy atom. The van der Waals surface area contributed by atoms with Gasteiger partial charge < -0.3 is 9.73 Å². The topological polar surface area (TPSA) is 49.6 Å². The van der Waals surface area contributed by atoms with Crippen LogP contribution in [0, 0.1) is 0 Å². The zero-order valence-electron chi connectivity index (χ0n) is 13.3. The van der Waals surface area contributed by atoms with Crippen molar-refractivity contribution in [3.63, 3.8) is 0 Å². The van der Waals surface area contributed by atoms with E-state index in [1.165, 1.54) is 0 Å². The molecule has 0 atom stereocenters. The summed E-state index contributed by atoms with van der Waals surface area (Å²) in [6.07, 6.45) is 1.72. The van der Waals surface area contributed by atoms with Gasteiger partial charge in [0.05, 0.1) is 0 Å². The normalized spacial score (nSPS) is 11.3. The maximum atomic E-state index is 5.98. The lowest BCUT2D eigenvalue weighted by molar-refractivity contribution is 0.533. The number of fused-ring (bicyclic) bond motifs is 1. The molecule has 2 N–H and O–H groups in total. The van der Waals surface area contributed by atoms with Crippen LogP contribution in [0.25, 0.3) is 22.1 Å². The van der Waals surface area contributed by atoms with Crippen molar-refractivity contribution in [2.45, 2.75) is 0 Å². The second-order valence-electron chi connectivity index (χ2n) is 5.23. The summed E-state index contributed by atoms with van der Waals surface area (Å²) in [4.78, 5) is 0. The van der Waals surface area contributed by atoms with Crippen LogP contribution in [-0.4, -0.2) is 11.7 Å². The standard InChI is InChI=1S/C19H16BrN3OS/c1-2-11-21-19(25)23-22-18-16(13-7-9-15(20)10-8-13)12-14-5-3-4-6-17(14)24-18/h2-10,12H,1,11H2,(H2,21,23,25)/b22-18+. The van der Waals surface area contributed by atoms with E-state index in [0.717, 1.165) is 26.6 Å². The highest BCUT2D eigenvalue weighted by molar-refractivity contribution is 9.10. The fraction of sp³-hybridized carbons (Fsp3) is 0.0526. The minimum Gasteiger partial charge on any atom is -0.436 e. The molecule has 3 aromatic rings. The first-order chi connectivity index (χ1) is 12.2. The zero-order valence-corrected chi connectivity index (χ0v) is 15.7. The minimum absolute atomic E-state index is 0.407. The largest absolute Gasteiger partial charge is 0.436 e. The number of para-hydroxylation sites is 1. The van der Waals surface area contributed by atoms with Crippen molar-refractivity contribution < 1.29 is 4.42 Å². The Hall–Kier alpha value is -2.44. The molecular formula is C19H16BrN3OS. The van der Waals surface area contributed by atoms with Crippen molar-refractivity contribution in [3.8, 4) is 11.1 Å². The molecule has 126 valence electrons. The van der Waals surface area contributed by atoms with Gasteiger partial charge >= 0.3 is 0 Å². The summed E-state index contributed by atoms with van der Waals surface area (Å²) in [5.41, 5.74) is 5.92. The van der Waals surface area contributed by atoms with Crippen LogP contribution in [0.5, 0.6) is 0 Å². The van der Waals surface area contributed by atoms with Crippen molar-refractivity contribution in [3.05, 3.63) is 77.3 Å². The van der Waals surface area contributed by atoms with E-state index in [2.05, 4.69) is 44.4 Å². The predicted molar refractivity (Wildman–Crippen MR) is 109 cm³/mol. The highest BCUT2D eigenvalue weighted by atomic mass is 79.9. The molecule has 0 amide bonds. The summed E-state index contributed by atoms with van der Waals surface area (Å²) in [7, 11) is 0. The van der Waals surface area contributed by atoms with Gasteiger partial charge in [-0.1, -0.05) is 52.3 Å². The molecule has 0 bridgehead atoms. The third-order valence-corrected chi connectivity index (χ3v) is 4.24. The molecule has 4 nitrogen and oxygen atoms in total. The summed E-state index contributed by atoms with van der Waals surface area (Å²) in [5.74, 6) is 0. The number of thiocarbonyl (C=S) groups is 1. The average Bonchev–Trinajstić information content (AvgIpc) is 2.64. The molecule has 0 radical (unpaired) electrons. The highest BCUT2D eigenvalue weighted by Crippen LogP contribution is 2.22. The van der Waals surface area contributed by atoms with Gasteiger partial charge in [0.15, 0.2) is 5.11 Å². The molecule has 0 aliphatic heterocycles. The van der Waals surface area contributed by atoms with Gasteiger partial charge in [-0.15, -0.1) is 11.7 Å². The van der Waals surface area contributed by atoms with Crippen LogP contribution in [0.3, 0.4) is 0 Å². The van der Waals surface area contributed by atoms with Gasteiger partial charge in [0.25, 0.3) is 0 Å². The number of rotatable bonds is 4. The maximum Gasteiger partial charge on any atom is 0.244 e. The number of hydrogen-bond acceptors (Lipinski definition) is 3.